The van der Waals surface area contributed by atoms with Gasteiger partial charge in [-0.05, 0) is 39.2 Å². The number of amides is 3. The molecule has 26 heavy (non-hydrogen) atoms. The molecule has 0 bridgehead atoms. The van der Waals surface area contributed by atoms with Crippen LogP contribution in [0.25, 0.3) is 0 Å². The highest BCUT2D eigenvalue weighted by molar-refractivity contribution is 5.97. The van der Waals surface area contributed by atoms with E-state index in [1.165, 1.54) is 4.90 Å². The number of benzene rings is 1. The molecule has 1 spiro atoms. The van der Waals surface area contributed by atoms with Gasteiger partial charge in [-0.15, -0.1) is 0 Å². The molecular formula is C19H24N2O5. The second-order valence-corrected chi connectivity index (χ2v) is 7.78. The molecule has 7 nitrogen and oxygen atoms in total. The minimum Gasteiger partial charge on any atom is -0.445 e. The number of carbonyl (C=O) groups excluding carboxylic acids is 3. The summed E-state index contributed by atoms with van der Waals surface area (Å²) in [6.07, 6.45) is 0.133. The van der Waals surface area contributed by atoms with Crippen LogP contribution >= 0.6 is 0 Å². The van der Waals surface area contributed by atoms with Crippen LogP contribution in [-0.2, 0) is 20.9 Å². The zero-order valence-corrected chi connectivity index (χ0v) is 15.3. The Hall–Kier alpha value is -2.57. The van der Waals surface area contributed by atoms with Crippen LogP contribution < -0.4 is 5.32 Å². The molecule has 1 aromatic carbocycles. The average molecular weight is 360 g/mol. The summed E-state index contributed by atoms with van der Waals surface area (Å²) in [5.41, 5.74) is -0.486. The van der Waals surface area contributed by atoms with Crippen molar-refractivity contribution in [3.05, 3.63) is 35.9 Å². The number of likely N-dealkylation sites (tertiary alicyclic amines) is 1. The summed E-state index contributed by atoms with van der Waals surface area (Å²) in [6, 6.07) is 8.88. The Morgan fingerprint density at radius 2 is 1.88 bits per heavy atom. The SMILES string of the molecule is CC(C)(C)OC(=O)N1C(=O)CC(NC(=O)OCc2ccccc2)C12CC2. The van der Waals surface area contributed by atoms with Gasteiger partial charge in [0, 0.05) is 0 Å². The summed E-state index contributed by atoms with van der Waals surface area (Å²) >= 11 is 0. The number of nitrogens with one attached hydrogen (secondary N) is 1. The van der Waals surface area contributed by atoms with E-state index in [1.54, 1.807) is 20.8 Å². The molecule has 3 rings (SSSR count). The zero-order chi connectivity index (χ0) is 18.9. The molecule has 1 N–H and O–H groups in total. The molecule has 2 fully saturated rings. The molecule has 1 saturated carbocycles. The summed E-state index contributed by atoms with van der Waals surface area (Å²) < 4.78 is 10.6. The van der Waals surface area contributed by atoms with Crippen LogP contribution in [0.2, 0.25) is 0 Å². The lowest BCUT2D eigenvalue weighted by Gasteiger charge is -2.29. The predicted molar refractivity (Wildman–Crippen MR) is 93.2 cm³/mol. The van der Waals surface area contributed by atoms with Crippen LogP contribution in [0, 0.1) is 0 Å². The molecule has 0 aromatic heterocycles. The lowest BCUT2D eigenvalue weighted by atomic mass is 10.1. The zero-order valence-electron chi connectivity index (χ0n) is 15.3. The molecule has 1 aromatic rings. The molecule has 0 radical (unpaired) electrons. The van der Waals surface area contributed by atoms with Crippen molar-refractivity contribution in [3.8, 4) is 0 Å². The van der Waals surface area contributed by atoms with E-state index in [9.17, 15) is 14.4 Å². The average Bonchev–Trinajstić information content (AvgIpc) is 3.27. The number of alkyl carbamates (subject to hydrolysis) is 1. The van der Waals surface area contributed by atoms with Gasteiger partial charge in [-0.1, -0.05) is 30.3 Å². The molecule has 1 heterocycles. The summed E-state index contributed by atoms with van der Waals surface area (Å²) in [5.74, 6) is -0.329. The minimum atomic E-state index is -0.687. The molecular weight excluding hydrogens is 336 g/mol. The Bertz CT molecular complexity index is 706. The van der Waals surface area contributed by atoms with Gasteiger partial charge >= 0.3 is 12.2 Å². The van der Waals surface area contributed by atoms with Crippen LogP contribution in [0.1, 0.15) is 45.6 Å². The van der Waals surface area contributed by atoms with Crippen molar-refractivity contribution in [2.24, 2.45) is 0 Å². The Balaban J connectivity index is 1.60. The number of hydrogen-bond donors (Lipinski definition) is 1. The van der Waals surface area contributed by atoms with Crippen molar-refractivity contribution in [3.63, 3.8) is 0 Å². The van der Waals surface area contributed by atoms with Gasteiger partial charge in [0.15, 0.2) is 0 Å². The molecule has 1 aliphatic heterocycles. The van der Waals surface area contributed by atoms with Gasteiger partial charge < -0.3 is 14.8 Å². The molecule has 1 unspecified atom stereocenters. The van der Waals surface area contributed by atoms with Crippen LogP contribution in [0.4, 0.5) is 9.59 Å². The van der Waals surface area contributed by atoms with Gasteiger partial charge in [-0.3, -0.25) is 4.79 Å². The second kappa shape index (κ2) is 6.63. The molecule has 1 atom stereocenters. The van der Waals surface area contributed by atoms with Gasteiger partial charge in [-0.2, -0.15) is 0 Å². The quantitative estimate of drug-likeness (QED) is 0.896. The predicted octanol–water partition coefficient (Wildman–Crippen LogP) is 2.98. The number of nitrogens with zero attached hydrogens (tertiary/aromatic N) is 1. The number of carbonyl (C=O) groups is 3. The topological polar surface area (TPSA) is 84.9 Å². The third kappa shape index (κ3) is 3.81. The first-order valence-electron chi connectivity index (χ1n) is 8.74. The lowest BCUT2D eigenvalue weighted by molar-refractivity contribution is -0.128. The first kappa shape index (κ1) is 18.2. The number of rotatable bonds is 3. The summed E-state index contributed by atoms with van der Waals surface area (Å²) in [4.78, 5) is 38.1. The molecule has 3 amide bonds. The minimum absolute atomic E-state index is 0.0691. The number of ether oxygens (including phenoxy) is 2. The van der Waals surface area contributed by atoms with Gasteiger partial charge in [0.2, 0.25) is 5.91 Å². The fourth-order valence-electron chi connectivity index (χ4n) is 3.24. The molecule has 1 aliphatic carbocycles. The van der Waals surface area contributed by atoms with Crippen molar-refractivity contribution in [1.29, 1.82) is 0 Å². The Kier molecular flexibility index (Phi) is 4.64. The first-order chi connectivity index (χ1) is 12.2. The van der Waals surface area contributed by atoms with E-state index in [-0.39, 0.29) is 18.9 Å². The summed E-state index contributed by atoms with van der Waals surface area (Å²) in [7, 11) is 0. The van der Waals surface area contributed by atoms with E-state index in [2.05, 4.69) is 5.32 Å². The standard InChI is InChI=1S/C19H24N2O5/c1-18(2,3)26-17(24)21-15(22)11-14(19(21)9-10-19)20-16(23)25-12-13-7-5-4-6-8-13/h4-8,14H,9-12H2,1-3H3,(H,20,23). The third-order valence-electron chi connectivity index (χ3n) is 4.57. The maximum atomic E-state index is 12.4. The molecule has 140 valence electrons. The van der Waals surface area contributed by atoms with Gasteiger partial charge in [0.1, 0.15) is 12.2 Å². The van der Waals surface area contributed by atoms with Gasteiger partial charge in [-0.25, -0.2) is 14.5 Å². The van der Waals surface area contributed by atoms with Crippen molar-refractivity contribution in [2.45, 2.75) is 63.8 Å². The number of imide groups is 1. The smallest absolute Gasteiger partial charge is 0.417 e. The highest BCUT2D eigenvalue weighted by atomic mass is 16.6. The van der Waals surface area contributed by atoms with Crippen molar-refractivity contribution in [1.82, 2.24) is 10.2 Å². The van der Waals surface area contributed by atoms with Gasteiger partial charge in [0.05, 0.1) is 18.0 Å². The third-order valence-corrected chi connectivity index (χ3v) is 4.57. The van der Waals surface area contributed by atoms with Crippen LogP contribution in [0.3, 0.4) is 0 Å². The normalized spacial score (nSPS) is 20.8. The highest BCUT2D eigenvalue weighted by Gasteiger charge is 2.64. The molecule has 1 saturated heterocycles. The maximum Gasteiger partial charge on any atom is 0.417 e. The van der Waals surface area contributed by atoms with Crippen molar-refractivity contribution in [2.75, 3.05) is 0 Å². The van der Waals surface area contributed by atoms with E-state index >= 15 is 0 Å². The Morgan fingerprint density at radius 1 is 1.23 bits per heavy atom. The number of hydrogen-bond acceptors (Lipinski definition) is 5. The van der Waals surface area contributed by atoms with E-state index in [0.29, 0.717) is 12.8 Å². The van der Waals surface area contributed by atoms with Crippen LogP contribution in [-0.4, -0.2) is 40.2 Å². The Morgan fingerprint density at radius 3 is 2.46 bits per heavy atom. The highest BCUT2D eigenvalue weighted by Crippen LogP contribution is 2.50. The first-order valence-corrected chi connectivity index (χ1v) is 8.74. The van der Waals surface area contributed by atoms with Crippen molar-refractivity contribution >= 4 is 18.1 Å². The van der Waals surface area contributed by atoms with E-state index in [4.69, 9.17) is 9.47 Å². The van der Waals surface area contributed by atoms with E-state index in [1.807, 2.05) is 30.3 Å². The fraction of sp³-hybridized carbons (Fsp3) is 0.526. The Labute approximate surface area is 152 Å². The molecule has 2 aliphatic rings. The van der Waals surface area contributed by atoms with E-state index in [0.717, 1.165) is 5.56 Å². The maximum absolute atomic E-state index is 12.4. The largest absolute Gasteiger partial charge is 0.445 e. The van der Waals surface area contributed by atoms with Crippen molar-refractivity contribution < 1.29 is 23.9 Å². The van der Waals surface area contributed by atoms with E-state index < -0.39 is 29.4 Å². The van der Waals surface area contributed by atoms with Crippen LogP contribution in [0.15, 0.2) is 30.3 Å². The lowest BCUT2D eigenvalue weighted by Crippen LogP contribution is -2.50. The summed E-state index contributed by atoms with van der Waals surface area (Å²) in [5, 5.41) is 2.75. The fourth-order valence-corrected chi connectivity index (χ4v) is 3.24. The molecule has 7 heteroatoms. The monoisotopic (exact) mass is 360 g/mol. The van der Waals surface area contributed by atoms with Gasteiger partial charge in [0.25, 0.3) is 0 Å². The summed E-state index contributed by atoms with van der Waals surface area (Å²) in [6.45, 7) is 5.40. The second-order valence-electron chi connectivity index (χ2n) is 7.78. The van der Waals surface area contributed by atoms with Crippen LogP contribution in [0.5, 0.6) is 0 Å².